The van der Waals surface area contributed by atoms with Gasteiger partial charge in [-0.15, -0.1) is 0 Å². The number of carbonyl (C=O) groups is 1. The van der Waals surface area contributed by atoms with Gasteiger partial charge >= 0.3 is 5.97 Å². The molecule has 0 spiro atoms. The number of aliphatic carboxylic acids is 1. The fourth-order valence-electron chi connectivity index (χ4n) is 2.48. The first-order valence-electron chi connectivity index (χ1n) is 7.30. The van der Waals surface area contributed by atoms with E-state index in [-0.39, 0.29) is 12.6 Å². The van der Waals surface area contributed by atoms with Gasteiger partial charge in [-0.05, 0) is 25.7 Å². The summed E-state index contributed by atoms with van der Waals surface area (Å²) in [4.78, 5) is 10.7. The Morgan fingerprint density at radius 2 is 1.95 bits per heavy atom. The Bertz CT molecular complexity index is 405. The van der Waals surface area contributed by atoms with Gasteiger partial charge in [0, 0.05) is 19.6 Å². The van der Waals surface area contributed by atoms with Crippen LogP contribution in [0.1, 0.15) is 51.9 Å². The zero-order valence-electron chi connectivity index (χ0n) is 12.3. The molecule has 0 aromatic heterocycles. The van der Waals surface area contributed by atoms with Crippen molar-refractivity contribution in [2.45, 2.75) is 57.9 Å². The van der Waals surface area contributed by atoms with Crippen molar-refractivity contribution in [2.75, 3.05) is 13.6 Å². The van der Waals surface area contributed by atoms with Gasteiger partial charge in [0.25, 0.3) is 10.2 Å². The fraction of sp³-hybridized carbons (Fsp3) is 0.923. The van der Waals surface area contributed by atoms with E-state index in [1.165, 1.54) is 10.7 Å². The number of nitrogens with zero attached hydrogens (tertiary/aromatic N) is 1. The molecule has 0 amide bonds. The van der Waals surface area contributed by atoms with Crippen LogP contribution >= 0.6 is 0 Å². The second kappa shape index (κ2) is 7.95. The number of carboxylic acid groups (broad SMARTS) is 1. The molecule has 0 heterocycles. The van der Waals surface area contributed by atoms with Crippen LogP contribution in [0, 0.1) is 5.92 Å². The van der Waals surface area contributed by atoms with Crippen LogP contribution in [-0.2, 0) is 15.0 Å². The lowest BCUT2D eigenvalue weighted by molar-refractivity contribution is -0.141. The van der Waals surface area contributed by atoms with Gasteiger partial charge in [-0.25, -0.2) is 4.72 Å². The molecular weight excluding hydrogens is 280 g/mol. The van der Waals surface area contributed by atoms with Gasteiger partial charge in [0.1, 0.15) is 0 Å². The molecule has 6 nitrogen and oxygen atoms in total. The Morgan fingerprint density at radius 1 is 1.35 bits per heavy atom. The van der Waals surface area contributed by atoms with Crippen molar-refractivity contribution >= 4 is 16.2 Å². The normalized spacial score (nSPS) is 19.1. The molecule has 2 N–H and O–H groups in total. The molecule has 1 atom stereocenters. The van der Waals surface area contributed by atoms with E-state index in [2.05, 4.69) is 4.72 Å². The molecule has 0 aromatic carbocycles. The van der Waals surface area contributed by atoms with E-state index >= 15 is 0 Å². The molecule has 0 saturated heterocycles. The number of rotatable bonds is 8. The summed E-state index contributed by atoms with van der Waals surface area (Å²) in [5.74, 6) is -1.28. The monoisotopic (exact) mass is 306 g/mol. The maximum absolute atomic E-state index is 12.1. The molecular formula is C13H26N2O4S. The molecule has 0 aromatic rings. The lowest BCUT2D eigenvalue weighted by Gasteiger charge is -2.30. The van der Waals surface area contributed by atoms with Crippen molar-refractivity contribution in [3.8, 4) is 0 Å². The highest BCUT2D eigenvalue weighted by Crippen LogP contribution is 2.22. The van der Waals surface area contributed by atoms with Crippen LogP contribution in [0.15, 0.2) is 0 Å². The van der Waals surface area contributed by atoms with Crippen molar-refractivity contribution in [2.24, 2.45) is 5.92 Å². The van der Waals surface area contributed by atoms with E-state index in [1.54, 1.807) is 14.0 Å². The third-order valence-corrected chi connectivity index (χ3v) is 5.61. The minimum absolute atomic E-state index is 0.0965. The van der Waals surface area contributed by atoms with Gasteiger partial charge in [-0.2, -0.15) is 12.7 Å². The SMILES string of the molecule is CC(CCCNS(=O)(=O)N(C)C1CCCCC1)C(=O)O. The molecule has 0 bridgehead atoms. The summed E-state index contributed by atoms with van der Waals surface area (Å²) in [5, 5.41) is 8.75. The molecule has 7 heteroatoms. The van der Waals surface area contributed by atoms with Crippen LogP contribution in [0.25, 0.3) is 0 Å². The summed E-state index contributed by atoms with van der Waals surface area (Å²) < 4.78 is 28.2. The van der Waals surface area contributed by atoms with Crippen molar-refractivity contribution < 1.29 is 18.3 Å². The quantitative estimate of drug-likeness (QED) is 0.667. The van der Waals surface area contributed by atoms with Crippen molar-refractivity contribution in [1.82, 2.24) is 9.03 Å². The first-order chi connectivity index (χ1) is 9.34. The largest absolute Gasteiger partial charge is 0.481 e. The maximum atomic E-state index is 12.1. The predicted octanol–water partition coefficient (Wildman–Crippen LogP) is 1.59. The van der Waals surface area contributed by atoms with Gasteiger partial charge in [0.05, 0.1) is 5.92 Å². The summed E-state index contributed by atoms with van der Waals surface area (Å²) in [6.07, 6.45) is 6.21. The van der Waals surface area contributed by atoms with Gasteiger partial charge < -0.3 is 5.11 Å². The summed E-state index contributed by atoms with van der Waals surface area (Å²) in [6.45, 7) is 1.92. The Hall–Kier alpha value is -0.660. The first kappa shape index (κ1) is 17.4. The van der Waals surface area contributed by atoms with Crippen molar-refractivity contribution in [3.63, 3.8) is 0 Å². The standard InChI is InChI=1S/C13H26N2O4S/c1-11(13(16)17)7-6-10-14-20(18,19)15(2)12-8-4-3-5-9-12/h11-12,14H,3-10H2,1-2H3,(H,16,17). The molecule has 1 saturated carbocycles. The number of hydrogen-bond donors (Lipinski definition) is 2. The number of nitrogens with one attached hydrogen (secondary N) is 1. The summed E-state index contributed by atoms with van der Waals surface area (Å²) in [5.41, 5.74) is 0. The lowest BCUT2D eigenvalue weighted by atomic mass is 9.96. The zero-order valence-corrected chi connectivity index (χ0v) is 13.2. The third kappa shape index (κ3) is 5.38. The van der Waals surface area contributed by atoms with Gasteiger partial charge in [-0.3, -0.25) is 4.79 Å². The Kier molecular flexibility index (Phi) is 6.91. The Labute approximate surface area is 121 Å². The van der Waals surface area contributed by atoms with Crippen LogP contribution in [0.5, 0.6) is 0 Å². The molecule has 1 unspecified atom stereocenters. The lowest BCUT2D eigenvalue weighted by Crippen LogP contribution is -2.45. The molecule has 20 heavy (non-hydrogen) atoms. The number of hydrogen-bond acceptors (Lipinski definition) is 3. The highest BCUT2D eigenvalue weighted by molar-refractivity contribution is 7.87. The summed E-state index contributed by atoms with van der Waals surface area (Å²) in [7, 11) is -1.82. The van der Waals surface area contributed by atoms with Gasteiger partial charge in [-0.1, -0.05) is 26.2 Å². The van der Waals surface area contributed by atoms with Crippen LogP contribution in [0.3, 0.4) is 0 Å². The Morgan fingerprint density at radius 3 is 2.50 bits per heavy atom. The third-order valence-electron chi connectivity index (χ3n) is 3.99. The summed E-state index contributed by atoms with van der Waals surface area (Å²) in [6, 6.07) is 0.0965. The highest BCUT2D eigenvalue weighted by Gasteiger charge is 2.27. The second-order valence-corrected chi connectivity index (χ2v) is 7.40. The molecule has 118 valence electrons. The average Bonchev–Trinajstić information content (AvgIpc) is 2.43. The van der Waals surface area contributed by atoms with E-state index in [4.69, 9.17) is 5.11 Å². The van der Waals surface area contributed by atoms with Crippen LogP contribution in [-0.4, -0.2) is 43.4 Å². The molecule has 1 fully saturated rings. The van der Waals surface area contributed by atoms with E-state index in [0.717, 1.165) is 25.7 Å². The highest BCUT2D eigenvalue weighted by atomic mass is 32.2. The molecule has 0 radical (unpaired) electrons. The van der Waals surface area contributed by atoms with Crippen LogP contribution in [0.2, 0.25) is 0 Å². The van der Waals surface area contributed by atoms with Gasteiger partial charge in [0.15, 0.2) is 0 Å². The van der Waals surface area contributed by atoms with E-state index in [9.17, 15) is 13.2 Å². The maximum Gasteiger partial charge on any atom is 0.306 e. The van der Waals surface area contributed by atoms with E-state index < -0.39 is 22.1 Å². The minimum Gasteiger partial charge on any atom is -0.481 e. The molecule has 1 rings (SSSR count). The van der Waals surface area contributed by atoms with Crippen molar-refractivity contribution in [3.05, 3.63) is 0 Å². The smallest absolute Gasteiger partial charge is 0.306 e. The molecule has 1 aliphatic carbocycles. The minimum atomic E-state index is -3.44. The predicted molar refractivity (Wildman–Crippen MR) is 77.6 cm³/mol. The first-order valence-corrected chi connectivity index (χ1v) is 8.74. The Balaban J connectivity index is 2.35. The number of carboxylic acids is 1. The van der Waals surface area contributed by atoms with Crippen molar-refractivity contribution in [1.29, 1.82) is 0 Å². The zero-order chi connectivity index (χ0) is 15.2. The van der Waals surface area contributed by atoms with E-state index in [0.29, 0.717) is 12.8 Å². The topological polar surface area (TPSA) is 86.7 Å². The molecule has 1 aliphatic rings. The fourth-order valence-corrected chi connectivity index (χ4v) is 3.68. The van der Waals surface area contributed by atoms with Crippen LogP contribution < -0.4 is 4.72 Å². The average molecular weight is 306 g/mol. The second-order valence-electron chi connectivity index (χ2n) is 5.59. The van der Waals surface area contributed by atoms with Crippen LogP contribution in [0.4, 0.5) is 0 Å². The van der Waals surface area contributed by atoms with Gasteiger partial charge in [0.2, 0.25) is 0 Å². The molecule has 0 aliphatic heterocycles. The van der Waals surface area contributed by atoms with E-state index in [1.807, 2.05) is 0 Å². The summed E-state index contributed by atoms with van der Waals surface area (Å²) >= 11 is 0.